The van der Waals surface area contributed by atoms with Crippen molar-refractivity contribution in [1.82, 2.24) is 14.8 Å². The van der Waals surface area contributed by atoms with Crippen LogP contribution in [0.4, 0.5) is 0 Å². The first-order valence-corrected chi connectivity index (χ1v) is 5.90. The third kappa shape index (κ3) is 1.42. The Bertz CT molecular complexity index is 423. The van der Waals surface area contributed by atoms with Crippen LogP contribution in [0.1, 0.15) is 43.3 Å². The molecule has 0 saturated heterocycles. The van der Waals surface area contributed by atoms with Crippen LogP contribution in [0.3, 0.4) is 0 Å². The first kappa shape index (κ1) is 9.81. The fraction of sp³-hybridized carbons (Fsp3) is 0.727. The molecule has 16 heavy (non-hydrogen) atoms. The molecule has 5 heteroatoms. The highest BCUT2D eigenvalue weighted by atomic mass is 16.4. The molecule has 0 bridgehead atoms. The zero-order valence-corrected chi connectivity index (χ0v) is 9.09. The zero-order chi connectivity index (χ0) is 11.1. The lowest BCUT2D eigenvalue weighted by Crippen LogP contribution is -2.29. The number of hydrogen-bond acceptors (Lipinski definition) is 3. The second kappa shape index (κ2) is 3.57. The summed E-state index contributed by atoms with van der Waals surface area (Å²) < 4.78 is 2.05. The van der Waals surface area contributed by atoms with Gasteiger partial charge in [-0.15, -0.1) is 10.2 Å². The van der Waals surface area contributed by atoms with Gasteiger partial charge in [0.2, 0.25) is 0 Å². The van der Waals surface area contributed by atoms with Crippen LogP contribution in [0.15, 0.2) is 0 Å². The number of rotatable bonds is 2. The number of aromatic nitrogens is 3. The Balaban J connectivity index is 1.88. The van der Waals surface area contributed by atoms with Gasteiger partial charge in [-0.1, -0.05) is 6.42 Å². The van der Waals surface area contributed by atoms with Gasteiger partial charge in [0.05, 0.1) is 5.92 Å². The SMILES string of the molecule is O=C(O)C1CCc2nnc(C3CCC3)n2C1. The molecule has 0 radical (unpaired) electrons. The molecule has 2 heterocycles. The van der Waals surface area contributed by atoms with E-state index < -0.39 is 5.97 Å². The summed E-state index contributed by atoms with van der Waals surface area (Å²) in [5.41, 5.74) is 0. The predicted molar refractivity (Wildman–Crippen MR) is 56.1 cm³/mol. The molecule has 0 amide bonds. The van der Waals surface area contributed by atoms with Crippen LogP contribution >= 0.6 is 0 Å². The number of hydrogen-bond donors (Lipinski definition) is 1. The topological polar surface area (TPSA) is 68.0 Å². The molecule has 1 atom stereocenters. The van der Waals surface area contributed by atoms with Crippen LogP contribution in [-0.4, -0.2) is 25.8 Å². The zero-order valence-electron chi connectivity index (χ0n) is 9.09. The molecule has 86 valence electrons. The number of carboxylic acids is 1. The second-order valence-corrected chi connectivity index (χ2v) is 4.79. The Morgan fingerprint density at radius 2 is 2.12 bits per heavy atom. The van der Waals surface area contributed by atoms with E-state index in [1.807, 2.05) is 4.57 Å². The predicted octanol–water partition coefficient (Wildman–Crippen LogP) is 1.19. The van der Waals surface area contributed by atoms with Gasteiger partial charge in [-0.25, -0.2) is 0 Å². The molecule has 3 rings (SSSR count). The lowest BCUT2D eigenvalue weighted by atomic mass is 9.84. The molecule has 0 aromatic carbocycles. The van der Waals surface area contributed by atoms with E-state index in [-0.39, 0.29) is 5.92 Å². The summed E-state index contributed by atoms with van der Waals surface area (Å²) in [5.74, 6) is 1.56. The molecule has 1 N–H and O–H groups in total. The van der Waals surface area contributed by atoms with Crippen molar-refractivity contribution in [2.24, 2.45) is 5.92 Å². The molecule has 1 aliphatic carbocycles. The quantitative estimate of drug-likeness (QED) is 0.814. The maximum absolute atomic E-state index is 11.0. The summed E-state index contributed by atoms with van der Waals surface area (Å²) in [6, 6.07) is 0. The minimum atomic E-state index is -0.695. The van der Waals surface area contributed by atoms with Gasteiger partial charge in [0.15, 0.2) is 0 Å². The molecule has 1 aromatic rings. The first-order chi connectivity index (χ1) is 7.75. The van der Waals surface area contributed by atoms with Crippen LogP contribution in [0.5, 0.6) is 0 Å². The van der Waals surface area contributed by atoms with E-state index in [1.165, 1.54) is 19.3 Å². The summed E-state index contributed by atoms with van der Waals surface area (Å²) in [6.07, 6.45) is 5.05. The van der Waals surface area contributed by atoms with E-state index in [0.717, 1.165) is 18.1 Å². The summed E-state index contributed by atoms with van der Waals surface area (Å²) in [4.78, 5) is 11.0. The molecule has 1 saturated carbocycles. The van der Waals surface area contributed by atoms with Crippen molar-refractivity contribution in [3.05, 3.63) is 11.6 Å². The van der Waals surface area contributed by atoms with E-state index in [0.29, 0.717) is 18.9 Å². The smallest absolute Gasteiger partial charge is 0.308 e. The van der Waals surface area contributed by atoms with Crippen LogP contribution < -0.4 is 0 Å². The Morgan fingerprint density at radius 1 is 1.31 bits per heavy atom. The molecule has 0 spiro atoms. The van der Waals surface area contributed by atoms with Crippen molar-refractivity contribution in [3.8, 4) is 0 Å². The third-order valence-electron chi connectivity index (χ3n) is 3.79. The molecule has 2 aliphatic rings. The van der Waals surface area contributed by atoms with E-state index in [4.69, 9.17) is 5.11 Å². The van der Waals surface area contributed by atoms with Crippen LogP contribution in [0, 0.1) is 5.92 Å². The summed E-state index contributed by atoms with van der Waals surface area (Å²) in [5, 5.41) is 17.5. The van der Waals surface area contributed by atoms with Crippen molar-refractivity contribution in [3.63, 3.8) is 0 Å². The molecule has 1 aliphatic heterocycles. The Hall–Kier alpha value is -1.39. The minimum absolute atomic E-state index is 0.262. The largest absolute Gasteiger partial charge is 0.481 e. The monoisotopic (exact) mass is 221 g/mol. The average Bonchev–Trinajstić information content (AvgIpc) is 2.59. The van der Waals surface area contributed by atoms with E-state index in [9.17, 15) is 4.79 Å². The third-order valence-corrected chi connectivity index (χ3v) is 3.79. The van der Waals surface area contributed by atoms with Gasteiger partial charge in [0.25, 0.3) is 0 Å². The van der Waals surface area contributed by atoms with Gasteiger partial charge in [0.1, 0.15) is 11.6 Å². The van der Waals surface area contributed by atoms with E-state index in [2.05, 4.69) is 10.2 Å². The highest BCUT2D eigenvalue weighted by Crippen LogP contribution is 2.36. The number of nitrogens with zero attached hydrogens (tertiary/aromatic N) is 3. The highest BCUT2D eigenvalue weighted by Gasteiger charge is 2.31. The fourth-order valence-electron chi connectivity index (χ4n) is 2.52. The lowest BCUT2D eigenvalue weighted by Gasteiger charge is -2.28. The summed E-state index contributed by atoms with van der Waals surface area (Å²) in [6.45, 7) is 0.559. The van der Waals surface area contributed by atoms with Gasteiger partial charge in [-0.05, 0) is 19.3 Å². The number of carbonyl (C=O) groups is 1. The van der Waals surface area contributed by atoms with Crippen molar-refractivity contribution in [2.75, 3.05) is 0 Å². The maximum atomic E-state index is 11.0. The Kier molecular flexibility index (Phi) is 2.19. The second-order valence-electron chi connectivity index (χ2n) is 4.79. The average molecular weight is 221 g/mol. The van der Waals surface area contributed by atoms with Crippen LogP contribution in [0.25, 0.3) is 0 Å². The standard InChI is InChI=1S/C11H15N3O2/c15-11(16)8-4-5-9-12-13-10(14(9)6-8)7-2-1-3-7/h7-8H,1-6H2,(H,15,16). The minimum Gasteiger partial charge on any atom is -0.481 e. The van der Waals surface area contributed by atoms with Crippen molar-refractivity contribution < 1.29 is 9.90 Å². The molecule has 5 nitrogen and oxygen atoms in total. The number of aliphatic carboxylic acids is 1. The molecular weight excluding hydrogens is 206 g/mol. The highest BCUT2D eigenvalue weighted by molar-refractivity contribution is 5.70. The van der Waals surface area contributed by atoms with Gasteiger partial charge >= 0.3 is 5.97 Å². The van der Waals surface area contributed by atoms with Gasteiger partial charge in [0, 0.05) is 18.9 Å². The lowest BCUT2D eigenvalue weighted by molar-refractivity contribution is -0.142. The Morgan fingerprint density at radius 3 is 2.75 bits per heavy atom. The normalized spacial score (nSPS) is 24.9. The Labute approximate surface area is 93.5 Å². The fourth-order valence-corrected chi connectivity index (χ4v) is 2.52. The van der Waals surface area contributed by atoms with Crippen molar-refractivity contribution >= 4 is 5.97 Å². The number of carboxylic acid groups (broad SMARTS) is 1. The van der Waals surface area contributed by atoms with E-state index >= 15 is 0 Å². The summed E-state index contributed by atoms with van der Waals surface area (Å²) >= 11 is 0. The first-order valence-electron chi connectivity index (χ1n) is 5.90. The van der Waals surface area contributed by atoms with Crippen LogP contribution in [-0.2, 0) is 17.8 Å². The summed E-state index contributed by atoms with van der Waals surface area (Å²) in [7, 11) is 0. The van der Waals surface area contributed by atoms with Crippen LogP contribution in [0.2, 0.25) is 0 Å². The van der Waals surface area contributed by atoms with Crippen molar-refractivity contribution in [2.45, 2.75) is 44.6 Å². The molecular formula is C11H15N3O2. The van der Waals surface area contributed by atoms with Crippen molar-refractivity contribution in [1.29, 1.82) is 0 Å². The van der Waals surface area contributed by atoms with Gasteiger partial charge < -0.3 is 9.67 Å². The number of aryl methyl sites for hydroxylation is 1. The number of fused-ring (bicyclic) bond motifs is 1. The molecule has 1 aromatic heterocycles. The molecule has 1 fully saturated rings. The maximum Gasteiger partial charge on any atom is 0.308 e. The van der Waals surface area contributed by atoms with E-state index in [1.54, 1.807) is 0 Å². The molecule has 1 unspecified atom stereocenters. The van der Waals surface area contributed by atoms with Gasteiger partial charge in [-0.2, -0.15) is 0 Å². The van der Waals surface area contributed by atoms with Gasteiger partial charge in [-0.3, -0.25) is 4.79 Å².